The summed E-state index contributed by atoms with van der Waals surface area (Å²) in [5.74, 6) is -0.466. The van der Waals surface area contributed by atoms with Gasteiger partial charge in [-0.1, -0.05) is 0 Å². The Labute approximate surface area is 133 Å². The Balaban J connectivity index is 1.86. The third-order valence-corrected chi connectivity index (χ3v) is 4.51. The number of methoxy groups -OCH3 is 1. The molecule has 1 amide bonds. The number of piperidine rings is 1. The average molecular weight is 319 g/mol. The molecule has 0 aliphatic carbocycles. The molecule has 0 spiro atoms. The van der Waals surface area contributed by atoms with Gasteiger partial charge in [-0.3, -0.25) is 9.36 Å². The number of ether oxygens (including phenoxy) is 1. The molecule has 23 heavy (non-hydrogen) atoms. The first-order chi connectivity index (χ1) is 11.1. The summed E-state index contributed by atoms with van der Waals surface area (Å²) in [6.45, 7) is 1.99. The van der Waals surface area contributed by atoms with E-state index in [1.165, 1.54) is 4.57 Å². The van der Waals surface area contributed by atoms with E-state index in [0.29, 0.717) is 23.4 Å². The molecule has 1 saturated heterocycles. The smallest absolute Gasteiger partial charge is 0.408 e. The molecule has 1 aromatic carbocycles. The number of aryl methyl sites for hydroxylation is 1. The normalized spacial score (nSPS) is 17.3. The third-order valence-electron chi connectivity index (χ3n) is 4.51. The molecule has 2 aromatic rings. The SMILES string of the molecule is COCC1(C(=O)Nc2ccc3oc(=O)n(C)c3c2)CCNCC1. The van der Waals surface area contributed by atoms with Crippen LogP contribution in [0.2, 0.25) is 0 Å². The third kappa shape index (κ3) is 2.89. The molecule has 2 heterocycles. The van der Waals surface area contributed by atoms with E-state index < -0.39 is 11.2 Å². The van der Waals surface area contributed by atoms with Crippen LogP contribution >= 0.6 is 0 Å². The monoisotopic (exact) mass is 319 g/mol. The number of carbonyl (C=O) groups excluding carboxylic acids is 1. The number of amides is 1. The molecule has 1 aliphatic rings. The van der Waals surface area contributed by atoms with E-state index in [2.05, 4.69) is 10.6 Å². The van der Waals surface area contributed by atoms with Crippen LogP contribution in [-0.2, 0) is 16.6 Å². The lowest BCUT2D eigenvalue weighted by molar-refractivity contribution is -0.130. The number of carbonyl (C=O) groups is 1. The number of nitrogens with one attached hydrogen (secondary N) is 2. The number of rotatable bonds is 4. The average Bonchev–Trinajstić information content (AvgIpc) is 2.83. The maximum Gasteiger partial charge on any atom is 0.419 e. The lowest BCUT2D eigenvalue weighted by atomic mass is 9.78. The first-order valence-electron chi connectivity index (χ1n) is 7.66. The molecule has 3 rings (SSSR count). The second-order valence-corrected chi connectivity index (χ2v) is 6.03. The van der Waals surface area contributed by atoms with Gasteiger partial charge in [0.2, 0.25) is 5.91 Å². The van der Waals surface area contributed by atoms with Gasteiger partial charge in [-0.15, -0.1) is 0 Å². The van der Waals surface area contributed by atoms with Gasteiger partial charge in [0, 0.05) is 19.8 Å². The molecule has 1 aromatic heterocycles. The molecule has 0 bridgehead atoms. The van der Waals surface area contributed by atoms with E-state index in [0.717, 1.165) is 25.9 Å². The zero-order valence-electron chi connectivity index (χ0n) is 13.3. The number of hydrogen-bond donors (Lipinski definition) is 2. The summed E-state index contributed by atoms with van der Waals surface area (Å²) in [7, 11) is 3.25. The molecule has 1 fully saturated rings. The molecule has 0 atom stereocenters. The van der Waals surface area contributed by atoms with Gasteiger partial charge in [0.1, 0.15) is 0 Å². The lowest BCUT2D eigenvalue weighted by Gasteiger charge is -2.35. The van der Waals surface area contributed by atoms with Crippen LogP contribution < -0.4 is 16.4 Å². The van der Waals surface area contributed by atoms with Crippen LogP contribution in [-0.4, -0.2) is 37.3 Å². The molecular weight excluding hydrogens is 298 g/mol. The molecule has 0 radical (unpaired) electrons. The second kappa shape index (κ2) is 6.17. The van der Waals surface area contributed by atoms with Crippen LogP contribution in [0, 0.1) is 5.41 Å². The van der Waals surface area contributed by atoms with Gasteiger partial charge in [0.05, 0.1) is 17.5 Å². The number of anilines is 1. The Morgan fingerprint density at radius 1 is 1.43 bits per heavy atom. The van der Waals surface area contributed by atoms with E-state index in [1.54, 1.807) is 32.4 Å². The van der Waals surface area contributed by atoms with Gasteiger partial charge in [-0.05, 0) is 44.1 Å². The molecule has 124 valence electrons. The van der Waals surface area contributed by atoms with Crippen molar-refractivity contribution in [2.75, 3.05) is 32.1 Å². The highest BCUT2D eigenvalue weighted by atomic mass is 16.5. The van der Waals surface area contributed by atoms with Gasteiger partial charge < -0.3 is 19.8 Å². The Bertz CT molecular complexity index is 766. The molecule has 1 aliphatic heterocycles. The van der Waals surface area contributed by atoms with Crippen molar-refractivity contribution in [3.05, 3.63) is 28.7 Å². The minimum absolute atomic E-state index is 0.0475. The second-order valence-electron chi connectivity index (χ2n) is 6.03. The van der Waals surface area contributed by atoms with Gasteiger partial charge in [0.25, 0.3) is 0 Å². The van der Waals surface area contributed by atoms with E-state index in [1.807, 2.05) is 0 Å². The fourth-order valence-electron chi connectivity index (χ4n) is 3.09. The molecular formula is C16H21N3O4. The Hall–Kier alpha value is -2.12. The summed E-state index contributed by atoms with van der Waals surface area (Å²) >= 11 is 0. The minimum atomic E-state index is -0.517. The fourth-order valence-corrected chi connectivity index (χ4v) is 3.09. The summed E-state index contributed by atoms with van der Waals surface area (Å²) in [5, 5.41) is 6.23. The maximum absolute atomic E-state index is 12.8. The minimum Gasteiger partial charge on any atom is -0.408 e. The van der Waals surface area contributed by atoms with E-state index in [9.17, 15) is 9.59 Å². The van der Waals surface area contributed by atoms with E-state index in [-0.39, 0.29) is 5.91 Å². The van der Waals surface area contributed by atoms with Crippen LogP contribution in [0.25, 0.3) is 11.1 Å². The number of fused-ring (bicyclic) bond motifs is 1. The van der Waals surface area contributed by atoms with Gasteiger partial charge in [-0.2, -0.15) is 0 Å². The van der Waals surface area contributed by atoms with Gasteiger partial charge in [0.15, 0.2) is 5.58 Å². The molecule has 0 saturated carbocycles. The molecule has 2 N–H and O–H groups in total. The first kappa shape index (κ1) is 15.8. The largest absolute Gasteiger partial charge is 0.419 e. The van der Waals surface area contributed by atoms with Crippen molar-refractivity contribution in [1.29, 1.82) is 0 Å². The zero-order chi connectivity index (χ0) is 16.4. The van der Waals surface area contributed by atoms with Crippen molar-refractivity contribution in [3.8, 4) is 0 Å². The molecule has 0 unspecified atom stereocenters. The highest BCUT2D eigenvalue weighted by Crippen LogP contribution is 2.31. The predicted molar refractivity (Wildman–Crippen MR) is 86.5 cm³/mol. The topological polar surface area (TPSA) is 85.5 Å². The first-order valence-corrected chi connectivity index (χ1v) is 7.66. The highest BCUT2D eigenvalue weighted by Gasteiger charge is 2.39. The predicted octanol–water partition coefficient (Wildman–Crippen LogP) is 1.09. The van der Waals surface area contributed by atoms with Crippen LogP contribution in [0.1, 0.15) is 12.8 Å². The number of benzene rings is 1. The lowest BCUT2D eigenvalue weighted by Crippen LogP contribution is -2.47. The molecule has 7 nitrogen and oxygen atoms in total. The summed E-state index contributed by atoms with van der Waals surface area (Å²) in [6.07, 6.45) is 1.47. The van der Waals surface area contributed by atoms with Crippen LogP contribution in [0.3, 0.4) is 0 Å². The van der Waals surface area contributed by atoms with Gasteiger partial charge in [-0.25, -0.2) is 4.79 Å². The summed E-state index contributed by atoms with van der Waals surface area (Å²) in [6, 6.07) is 5.18. The highest BCUT2D eigenvalue weighted by molar-refractivity contribution is 5.97. The standard InChI is InChI=1S/C16H21N3O4/c1-19-12-9-11(3-4-13(12)23-15(19)21)18-14(20)16(10-22-2)5-7-17-8-6-16/h3-4,9,17H,5-8,10H2,1-2H3,(H,18,20). The van der Waals surface area contributed by atoms with Crippen molar-refractivity contribution in [2.24, 2.45) is 12.5 Å². The van der Waals surface area contributed by atoms with E-state index in [4.69, 9.17) is 9.15 Å². The van der Waals surface area contributed by atoms with Crippen molar-refractivity contribution >= 4 is 22.7 Å². The van der Waals surface area contributed by atoms with Gasteiger partial charge >= 0.3 is 5.76 Å². The fraction of sp³-hybridized carbons (Fsp3) is 0.500. The number of hydrogen-bond acceptors (Lipinski definition) is 5. The van der Waals surface area contributed by atoms with Crippen molar-refractivity contribution in [3.63, 3.8) is 0 Å². The quantitative estimate of drug-likeness (QED) is 0.881. The zero-order valence-corrected chi connectivity index (χ0v) is 13.3. The Morgan fingerprint density at radius 3 is 2.87 bits per heavy atom. The van der Waals surface area contributed by atoms with Crippen LogP contribution in [0.4, 0.5) is 5.69 Å². The van der Waals surface area contributed by atoms with Crippen molar-refractivity contribution < 1.29 is 13.9 Å². The van der Waals surface area contributed by atoms with E-state index >= 15 is 0 Å². The summed E-state index contributed by atoms with van der Waals surface area (Å²) < 4.78 is 11.8. The summed E-state index contributed by atoms with van der Waals surface area (Å²) in [4.78, 5) is 24.3. The number of nitrogens with zero attached hydrogens (tertiary/aromatic N) is 1. The van der Waals surface area contributed by atoms with Crippen LogP contribution in [0.5, 0.6) is 0 Å². The van der Waals surface area contributed by atoms with Crippen molar-refractivity contribution in [1.82, 2.24) is 9.88 Å². The summed E-state index contributed by atoms with van der Waals surface area (Å²) in [5.41, 5.74) is 1.29. The number of aromatic nitrogens is 1. The maximum atomic E-state index is 12.8. The number of oxazole rings is 1. The van der Waals surface area contributed by atoms with Crippen molar-refractivity contribution in [2.45, 2.75) is 12.8 Å². The molecule has 7 heteroatoms. The Kier molecular flexibility index (Phi) is 4.23. The van der Waals surface area contributed by atoms with Crippen LogP contribution in [0.15, 0.2) is 27.4 Å². The Morgan fingerprint density at radius 2 is 2.17 bits per heavy atom.